The van der Waals surface area contributed by atoms with E-state index >= 15 is 0 Å². The molecule has 0 fully saturated rings. The summed E-state index contributed by atoms with van der Waals surface area (Å²) >= 11 is 0. The van der Waals surface area contributed by atoms with Crippen molar-refractivity contribution in [2.45, 2.75) is 6.42 Å². The number of hydrogen-bond donors (Lipinski definition) is 2. The smallest absolute Gasteiger partial charge is 0.328 e. The molecule has 0 heterocycles. The Bertz CT molecular complexity index is 345. The zero-order valence-electron chi connectivity index (χ0n) is 7.81. The molecule has 0 saturated heterocycles. The molecule has 0 spiro atoms. The number of hydrogen-bond acceptors (Lipinski definition) is 2. The van der Waals surface area contributed by atoms with Gasteiger partial charge in [-0.25, -0.2) is 4.79 Å². The number of carbonyl (C=O) groups is 1. The molecule has 0 aliphatic carbocycles. The monoisotopic (exact) mass is 191 g/mol. The molecule has 3 heteroatoms. The zero-order chi connectivity index (χ0) is 10.4. The van der Waals surface area contributed by atoms with E-state index in [1.165, 1.54) is 0 Å². The molecule has 0 aromatic heterocycles. The minimum atomic E-state index is -0.936. The highest BCUT2D eigenvalue weighted by Gasteiger charge is 1.93. The Balaban J connectivity index is 2.77. The van der Waals surface area contributed by atoms with Gasteiger partial charge in [0, 0.05) is 6.08 Å². The fourth-order valence-corrected chi connectivity index (χ4v) is 1.19. The molecule has 0 unspecified atom stereocenters. The van der Waals surface area contributed by atoms with Crippen LogP contribution in [0.2, 0.25) is 0 Å². The van der Waals surface area contributed by atoms with Crippen LogP contribution in [0.5, 0.6) is 0 Å². The first-order valence-corrected chi connectivity index (χ1v) is 4.42. The summed E-state index contributed by atoms with van der Waals surface area (Å²) in [6, 6.07) is 7.67. The molecule has 0 saturated carbocycles. The van der Waals surface area contributed by atoms with Crippen LogP contribution in [0.1, 0.15) is 11.1 Å². The number of aliphatic carboxylic acids is 1. The Hall–Kier alpha value is -1.61. The third-order valence-corrected chi connectivity index (χ3v) is 1.80. The third-order valence-electron chi connectivity index (χ3n) is 1.80. The Morgan fingerprint density at radius 3 is 2.93 bits per heavy atom. The number of benzene rings is 1. The van der Waals surface area contributed by atoms with Gasteiger partial charge in [-0.15, -0.1) is 0 Å². The highest BCUT2D eigenvalue weighted by molar-refractivity contribution is 5.85. The molecule has 3 nitrogen and oxygen atoms in total. The molecule has 0 amide bonds. The van der Waals surface area contributed by atoms with Crippen LogP contribution >= 0.6 is 0 Å². The van der Waals surface area contributed by atoms with Gasteiger partial charge in [0.1, 0.15) is 0 Å². The molecule has 1 rings (SSSR count). The van der Waals surface area contributed by atoms with Crippen molar-refractivity contribution in [2.24, 2.45) is 5.73 Å². The molecular formula is C11H13NO2. The summed E-state index contributed by atoms with van der Waals surface area (Å²) in [6.45, 7) is 0.603. The van der Waals surface area contributed by atoms with E-state index < -0.39 is 5.97 Å². The Kier molecular flexibility index (Phi) is 3.88. The minimum absolute atomic E-state index is 0.603. The van der Waals surface area contributed by atoms with E-state index in [0.29, 0.717) is 6.54 Å². The van der Waals surface area contributed by atoms with E-state index in [1.54, 1.807) is 6.08 Å². The summed E-state index contributed by atoms with van der Waals surface area (Å²) in [5, 5.41) is 8.44. The fourth-order valence-electron chi connectivity index (χ4n) is 1.19. The Labute approximate surface area is 82.9 Å². The Morgan fingerprint density at radius 2 is 2.29 bits per heavy atom. The maximum absolute atomic E-state index is 10.3. The van der Waals surface area contributed by atoms with Gasteiger partial charge in [-0.05, 0) is 30.2 Å². The fraction of sp³-hybridized carbons (Fsp3) is 0.182. The molecule has 0 radical (unpaired) electrons. The first-order valence-electron chi connectivity index (χ1n) is 4.42. The van der Waals surface area contributed by atoms with E-state index in [0.717, 1.165) is 23.6 Å². The Morgan fingerprint density at radius 1 is 1.50 bits per heavy atom. The van der Waals surface area contributed by atoms with Crippen LogP contribution in [0.3, 0.4) is 0 Å². The van der Waals surface area contributed by atoms with Gasteiger partial charge in [0.15, 0.2) is 0 Å². The topological polar surface area (TPSA) is 63.3 Å². The van der Waals surface area contributed by atoms with Gasteiger partial charge < -0.3 is 10.8 Å². The maximum atomic E-state index is 10.3. The summed E-state index contributed by atoms with van der Waals surface area (Å²) < 4.78 is 0. The normalized spacial score (nSPS) is 10.6. The van der Waals surface area contributed by atoms with Crippen LogP contribution in [-0.2, 0) is 11.2 Å². The average Bonchev–Trinajstić information content (AvgIpc) is 2.16. The lowest BCUT2D eigenvalue weighted by molar-refractivity contribution is -0.131. The summed E-state index contributed by atoms with van der Waals surface area (Å²) in [4.78, 5) is 10.3. The lowest BCUT2D eigenvalue weighted by Crippen LogP contribution is -2.02. The van der Waals surface area contributed by atoms with E-state index in [4.69, 9.17) is 10.8 Å². The number of carboxylic acids is 1. The van der Waals surface area contributed by atoms with Gasteiger partial charge >= 0.3 is 5.97 Å². The SMILES string of the molecule is NCCc1cccc(/C=C/C(=O)O)c1. The first-order chi connectivity index (χ1) is 6.72. The third kappa shape index (κ3) is 3.41. The summed E-state index contributed by atoms with van der Waals surface area (Å²) in [5.74, 6) is -0.936. The molecule has 74 valence electrons. The van der Waals surface area contributed by atoms with Crippen LogP contribution in [0, 0.1) is 0 Å². The highest BCUT2D eigenvalue weighted by Crippen LogP contribution is 2.07. The minimum Gasteiger partial charge on any atom is -0.478 e. The van der Waals surface area contributed by atoms with Gasteiger partial charge in [-0.3, -0.25) is 0 Å². The second kappa shape index (κ2) is 5.19. The molecule has 1 aromatic carbocycles. The second-order valence-corrected chi connectivity index (χ2v) is 2.96. The lowest BCUT2D eigenvalue weighted by atomic mass is 10.1. The molecule has 3 N–H and O–H groups in total. The average molecular weight is 191 g/mol. The summed E-state index contributed by atoms with van der Waals surface area (Å²) in [5.41, 5.74) is 7.43. The highest BCUT2D eigenvalue weighted by atomic mass is 16.4. The molecule has 0 aliphatic heterocycles. The number of carboxylic acid groups (broad SMARTS) is 1. The van der Waals surface area contributed by atoms with Gasteiger partial charge in [-0.1, -0.05) is 24.3 Å². The summed E-state index contributed by atoms with van der Waals surface area (Å²) in [6.07, 6.45) is 3.51. The standard InChI is InChI=1S/C11H13NO2/c12-7-6-10-3-1-2-9(8-10)4-5-11(13)14/h1-5,8H,6-7,12H2,(H,13,14)/b5-4+. The van der Waals surface area contributed by atoms with Crippen molar-refractivity contribution in [2.75, 3.05) is 6.54 Å². The van der Waals surface area contributed by atoms with Crippen molar-refractivity contribution in [3.63, 3.8) is 0 Å². The van der Waals surface area contributed by atoms with Crippen LogP contribution in [0.4, 0.5) is 0 Å². The van der Waals surface area contributed by atoms with Gasteiger partial charge in [0.25, 0.3) is 0 Å². The molecule has 0 atom stereocenters. The van der Waals surface area contributed by atoms with Crippen LogP contribution < -0.4 is 5.73 Å². The molecule has 0 bridgehead atoms. The van der Waals surface area contributed by atoms with Crippen LogP contribution in [-0.4, -0.2) is 17.6 Å². The molecule has 1 aromatic rings. The van der Waals surface area contributed by atoms with E-state index in [1.807, 2.05) is 24.3 Å². The predicted octanol–water partition coefficient (Wildman–Crippen LogP) is 1.29. The largest absolute Gasteiger partial charge is 0.478 e. The quantitative estimate of drug-likeness (QED) is 0.705. The number of nitrogens with two attached hydrogens (primary N) is 1. The predicted molar refractivity (Wildman–Crippen MR) is 55.9 cm³/mol. The second-order valence-electron chi connectivity index (χ2n) is 2.96. The number of rotatable bonds is 4. The molecule has 0 aliphatic rings. The van der Waals surface area contributed by atoms with Crippen molar-refractivity contribution >= 4 is 12.0 Å². The molecule has 14 heavy (non-hydrogen) atoms. The van der Waals surface area contributed by atoms with Crippen molar-refractivity contribution in [3.05, 3.63) is 41.5 Å². The maximum Gasteiger partial charge on any atom is 0.328 e. The lowest BCUT2D eigenvalue weighted by Gasteiger charge is -1.99. The van der Waals surface area contributed by atoms with E-state index in [9.17, 15) is 4.79 Å². The van der Waals surface area contributed by atoms with Crippen molar-refractivity contribution in [1.82, 2.24) is 0 Å². The summed E-state index contributed by atoms with van der Waals surface area (Å²) in [7, 11) is 0. The van der Waals surface area contributed by atoms with Crippen LogP contribution in [0.15, 0.2) is 30.3 Å². The van der Waals surface area contributed by atoms with Gasteiger partial charge in [-0.2, -0.15) is 0 Å². The van der Waals surface area contributed by atoms with Crippen molar-refractivity contribution < 1.29 is 9.90 Å². The van der Waals surface area contributed by atoms with Crippen molar-refractivity contribution in [3.8, 4) is 0 Å². The zero-order valence-corrected chi connectivity index (χ0v) is 7.81. The van der Waals surface area contributed by atoms with E-state index in [2.05, 4.69) is 0 Å². The van der Waals surface area contributed by atoms with E-state index in [-0.39, 0.29) is 0 Å². The first kappa shape index (κ1) is 10.5. The molecular weight excluding hydrogens is 178 g/mol. The van der Waals surface area contributed by atoms with Gasteiger partial charge in [0.2, 0.25) is 0 Å². The van der Waals surface area contributed by atoms with Gasteiger partial charge in [0.05, 0.1) is 0 Å². The van der Waals surface area contributed by atoms with Crippen molar-refractivity contribution in [1.29, 1.82) is 0 Å². The van der Waals surface area contributed by atoms with Crippen LogP contribution in [0.25, 0.3) is 6.08 Å².